The van der Waals surface area contributed by atoms with Crippen LogP contribution in [0.2, 0.25) is 18.1 Å². The normalized spacial score (nSPS) is 40.8. The number of hydrogen-bond acceptors (Lipinski definition) is 12. The summed E-state index contributed by atoms with van der Waals surface area (Å²) in [6, 6.07) is -2.48. The molecule has 242 valence electrons. The Bertz CT molecular complexity index is 1150. The van der Waals surface area contributed by atoms with E-state index in [1.54, 1.807) is 0 Å². The van der Waals surface area contributed by atoms with E-state index in [1.165, 1.54) is 6.66 Å². The molecule has 14 nitrogen and oxygen atoms in total. The van der Waals surface area contributed by atoms with Gasteiger partial charge in [0.1, 0.15) is 46.2 Å². The SMILES string of the molecule is [B][C@@H]1O[C@@H]2COP(=O)(O)OC3[C@@H](COP(C)(=O)OC2[C@@H]1O[Si](C)(C)C(C)(C)C)O[C@@H]([B])[C@H]3OP(=O)(O)OCCCCC#C. The minimum Gasteiger partial charge on any atom is -0.409 e. The molecular weight excluding hydrogens is 643 g/mol. The van der Waals surface area contributed by atoms with Gasteiger partial charge in [0.25, 0.3) is 0 Å². The summed E-state index contributed by atoms with van der Waals surface area (Å²) in [5.74, 6) is 2.44. The Morgan fingerprint density at radius 2 is 1.58 bits per heavy atom. The average molecular weight is 684 g/mol. The standard InChI is InChI=1S/C23H41B2O14P3Si/c1-8-9-10-11-12-31-41(27,28)38-19-17-15(34-21(19)24)13-32-40(5,26)36-18-16(14-33-42(29,30)37-17)35-22(25)20(18)39-43(6,7)23(2,3)4/h1,15-22H,9-14H2,2-7H3,(H,27,28)(H,29,30)/t15-,16-,17?,18?,19+,20+,21-,22-,40?/m1/s1. The highest BCUT2D eigenvalue weighted by Crippen LogP contribution is 2.55. The molecule has 0 spiro atoms. The van der Waals surface area contributed by atoms with Gasteiger partial charge in [-0.1, -0.05) is 20.8 Å². The lowest BCUT2D eigenvalue weighted by atomic mass is 9.93. The summed E-state index contributed by atoms with van der Waals surface area (Å²) in [7, 11) is -3.82. The molecule has 2 N–H and O–H groups in total. The number of ether oxygens (including phenoxy) is 2. The van der Waals surface area contributed by atoms with E-state index >= 15 is 0 Å². The Morgan fingerprint density at radius 3 is 2.16 bits per heavy atom. The van der Waals surface area contributed by atoms with Crippen LogP contribution in [0.5, 0.6) is 0 Å². The highest BCUT2D eigenvalue weighted by atomic mass is 31.2. The van der Waals surface area contributed by atoms with E-state index in [0.29, 0.717) is 19.3 Å². The molecule has 0 aliphatic carbocycles. The van der Waals surface area contributed by atoms with Crippen LogP contribution in [0, 0.1) is 12.3 Å². The van der Waals surface area contributed by atoms with Crippen molar-refractivity contribution in [3.63, 3.8) is 0 Å². The number of phosphoric acid groups is 2. The topological polar surface area (TPSA) is 175 Å². The maximum absolute atomic E-state index is 13.5. The zero-order valence-electron chi connectivity index (χ0n) is 25.2. The quantitative estimate of drug-likeness (QED) is 0.157. The van der Waals surface area contributed by atoms with Gasteiger partial charge >= 0.3 is 23.2 Å². The fraction of sp³-hybridized carbons (Fsp3) is 0.913. The first-order valence-electron chi connectivity index (χ1n) is 13.8. The molecule has 0 aromatic carbocycles. The number of hydrogen-bond donors (Lipinski definition) is 2. The van der Waals surface area contributed by atoms with Crippen molar-refractivity contribution in [1.29, 1.82) is 0 Å². The van der Waals surface area contributed by atoms with Gasteiger partial charge in [0.15, 0.2) is 8.32 Å². The van der Waals surface area contributed by atoms with E-state index in [2.05, 4.69) is 5.92 Å². The molecule has 0 aromatic heterocycles. The van der Waals surface area contributed by atoms with Crippen molar-refractivity contribution in [3.05, 3.63) is 0 Å². The number of rotatable bonds is 9. The molecule has 11 atom stereocenters. The first-order chi connectivity index (χ1) is 19.7. The van der Waals surface area contributed by atoms with Crippen molar-refractivity contribution in [2.75, 3.05) is 26.5 Å². The lowest BCUT2D eigenvalue weighted by Crippen LogP contribution is -2.50. The van der Waals surface area contributed by atoms with Gasteiger partial charge in [-0.3, -0.25) is 27.2 Å². The van der Waals surface area contributed by atoms with Crippen LogP contribution in [-0.2, 0) is 54.7 Å². The van der Waals surface area contributed by atoms with Crippen molar-refractivity contribution in [3.8, 4) is 12.3 Å². The summed E-state index contributed by atoms with van der Waals surface area (Å²) >= 11 is 0. The summed E-state index contributed by atoms with van der Waals surface area (Å²) in [6.45, 7) is 10.0. The number of fused-ring (bicyclic) bond motifs is 2. The van der Waals surface area contributed by atoms with Crippen LogP contribution in [0.4, 0.5) is 0 Å². The van der Waals surface area contributed by atoms with Gasteiger partial charge in [0.2, 0.25) is 0 Å². The molecule has 3 heterocycles. The molecule has 3 saturated heterocycles. The molecule has 0 saturated carbocycles. The summed E-state index contributed by atoms with van der Waals surface area (Å²) < 4.78 is 89.2. The number of terminal acetylenes is 1. The zero-order valence-corrected chi connectivity index (χ0v) is 28.9. The molecule has 0 aromatic rings. The predicted octanol–water partition coefficient (Wildman–Crippen LogP) is 3.21. The molecular formula is C23H41B2O14P3Si. The van der Waals surface area contributed by atoms with Crippen LogP contribution < -0.4 is 0 Å². The minimum atomic E-state index is -4.94. The van der Waals surface area contributed by atoms with Gasteiger partial charge in [-0.05, 0) is 31.0 Å². The largest absolute Gasteiger partial charge is 0.472 e. The lowest BCUT2D eigenvalue weighted by molar-refractivity contribution is -0.0410. The Morgan fingerprint density at radius 1 is 1.02 bits per heavy atom. The van der Waals surface area contributed by atoms with Crippen LogP contribution in [0.1, 0.15) is 40.0 Å². The third-order valence-corrected chi connectivity index (χ3v) is 15.3. The Hall–Kier alpha value is 0.157. The minimum absolute atomic E-state index is 0.154. The molecule has 5 unspecified atom stereocenters. The molecule has 3 aliphatic rings. The first-order valence-corrected chi connectivity index (χ1v) is 21.7. The van der Waals surface area contributed by atoms with Crippen molar-refractivity contribution in [2.24, 2.45) is 0 Å². The van der Waals surface area contributed by atoms with E-state index in [-0.39, 0.29) is 11.6 Å². The van der Waals surface area contributed by atoms with E-state index in [0.717, 1.165) is 0 Å². The number of phosphoric ester groups is 2. The van der Waals surface area contributed by atoms with Crippen molar-refractivity contribution in [2.45, 2.75) is 107 Å². The van der Waals surface area contributed by atoms with Gasteiger partial charge in [-0.25, -0.2) is 9.13 Å². The Kier molecular flexibility index (Phi) is 12.7. The molecule has 0 bridgehead atoms. The highest BCUT2D eigenvalue weighted by molar-refractivity contribution is 7.53. The predicted molar refractivity (Wildman–Crippen MR) is 159 cm³/mol. The Labute approximate surface area is 257 Å². The van der Waals surface area contributed by atoms with Crippen molar-refractivity contribution < 1.29 is 64.5 Å². The van der Waals surface area contributed by atoms with E-state index < -0.39 is 93.4 Å². The molecule has 3 rings (SSSR count). The van der Waals surface area contributed by atoms with Crippen LogP contribution in [0.3, 0.4) is 0 Å². The number of unbranched alkanes of at least 4 members (excludes halogenated alkanes) is 2. The van der Waals surface area contributed by atoms with E-state index in [9.17, 15) is 23.5 Å². The second-order valence-electron chi connectivity index (χ2n) is 12.1. The zero-order chi connectivity index (χ0) is 32.4. The van der Waals surface area contributed by atoms with Crippen LogP contribution in [-0.4, -0.2) is 109 Å². The highest BCUT2D eigenvalue weighted by Gasteiger charge is 2.54. The van der Waals surface area contributed by atoms with E-state index in [4.69, 9.17) is 63.2 Å². The van der Waals surface area contributed by atoms with Gasteiger partial charge in [-0.15, -0.1) is 12.3 Å². The molecule has 0 amide bonds. The molecule has 3 aliphatic heterocycles. The van der Waals surface area contributed by atoms with Gasteiger partial charge in [0, 0.05) is 25.1 Å². The summed E-state index contributed by atoms with van der Waals surface area (Å²) in [6.07, 6.45) is -1.01. The Balaban J connectivity index is 1.81. The van der Waals surface area contributed by atoms with Crippen LogP contribution >= 0.6 is 23.2 Å². The van der Waals surface area contributed by atoms with Crippen molar-refractivity contribution in [1.82, 2.24) is 0 Å². The summed E-state index contributed by atoms with van der Waals surface area (Å²) in [4.78, 5) is 20.9. The summed E-state index contributed by atoms with van der Waals surface area (Å²) in [5, 5.41) is -0.217. The van der Waals surface area contributed by atoms with Gasteiger partial charge in [0.05, 0.1) is 25.9 Å². The second-order valence-corrected chi connectivity index (χ2v) is 21.7. The smallest absolute Gasteiger partial charge is 0.409 e. The fourth-order valence-electron chi connectivity index (χ4n) is 4.31. The van der Waals surface area contributed by atoms with Crippen molar-refractivity contribution >= 4 is 47.3 Å². The van der Waals surface area contributed by atoms with Gasteiger partial charge in [-0.2, -0.15) is 0 Å². The monoisotopic (exact) mass is 684 g/mol. The van der Waals surface area contributed by atoms with E-state index in [1.807, 2.05) is 33.9 Å². The maximum Gasteiger partial charge on any atom is 0.472 e. The molecule has 4 radical (unpaired) electrons. The third-order valence-electron chi connectivity index (χ3n) is 7.60. The average Bonchev–Trinajstić information content (AvgIpc) is 3.29. The maximum atomic E-state index is 13.5. The van der Waals surface area contributed by atoms with Gasteiger partial charge < -0.3 is 28.2 Å². The lowest BCUT2D eigenvalue weighted by Gasteiger charge is -2.40. The van der Waals surface area contributed by atoms with Crippen LogP contribution in [0.15, 0.2) is 0 Å². The second kappa shape index (κ2) is 14.5. The first kappa shape index (κ1) is 37.6. The summed E-state index contributed by atoms with van der Waals surface area (Å²) in [5.41, 5.74) is 0. The molecule has 20 heteroatoms. The fourth-order valence-corrected chi connectivity index (χ4v) is 8.72. The molecule has 43 heavy (non-hydrogen) atoms. The third kappa shape index (κ3) is 10.3. The van der Waals surface area contributed by atoms with Crippen LogP contribution in [0.25, 0.3) is 0 Å². The molecule has 3 fully saturated rings.